The molecule has 11 heteroatoms. The molecule has 0 aliphatic rings. The summed E-state index contributed by atoms with van der Waals surface area (Å²) in [4.78, 5) is 23.1. The normalized spacial score (nSPS) is 10.9. The molecule has 0 aromatic heterocycles. The summed E-state index contributed by atoms with van der Waals surface area (Å²) in [7, 11) is 0. The third kappa shape index (κ3) is 6.81. The van der Waals surface area contributed by atoms with Crippen LogP contribution in [0, 0.1) is 27.3 Å². The number of carbonyl (C=O) groups is 1. The zero-order chi connectivity index (χ0) is 26.2. The molecule has 0 unspecified atom stereocenters. The Hall–Kier alpha value is -3.94. The second-order valence-electron chi connectivity index (χ2n) is 7.22. The Morgan fingerprint density at radius 2 is 1.94 bits per heavy atom. The molecule has 0 atom stereocenters. The Morgan fingerprint density at radius 3 is 2.58 bits per heavy atom. The van der Waals surface area contributed by atoms with Gasteiger partial charge in [0, 0.05) is 12.1 Å². The number of nitrogens with zero attached hydrogens (tertiary/aromatic N) is 2. The van der Waals surface area contributed by atoms with Gasteiger partial charge in [0.25, 0.3) is 11.6 Å². The molecule has 0 fully saturated rings. The van der Waals surface area contributed by atoms with Crippen LogP contribution in [0.3, 0.4) is 0 Å². The maximum atomic E-state index is 13.1. The van der Waals surface area contributed by atoms with E-state index in [1.807, 2.05) is 6.07 Å². The Labute approximate surface area is 219 Å². The topological polar surface area (TPSA) is 114 Å². The average Bonchev–Trinajstić information content (AvgIpc) is 2.84. The van der Waals surface area contributed by atoms with E-state index in [1.54, 1.807) is 31.2 Å². The molecule has 0 saturated heterocycles. The van der Waals surface area contributed by atoms with Crippen molar-refractivity contribution in [1.82, 2.24) is 0 Å². The molecule has 0 aliphatic heterocycles. The Balaban J connectivity index is 1.86. The highest BCUT2D eigenvalue weighted by atomic mass is 79.9. The van der Waals surface area contributed by atoms with Crippen molar-refractivity contribution >= 4 is 50.9 Å². The van der Waals surface area contributed by atoms with Crippen molar-refractivity contribution in [1.29, 1.82) is 5.26 Å². The lowest BCUT2D eigenvalue weighted by molar-refractivity contribution is -0.384. The molecule has 8 nitrogen and oxygen atoms in total. The fraction of sp³-hybridized carbons (Fsp3) is 0.120. The van der Waals surface area contributed by atoms with Gasteiger partial charge in [-0.15, -0.1) is 0 Å². The van der Waals surface area contributed by atoms with E-state index in [0.717, 1.165) is 11.6 Å². The molecule has 36 heavy (non-hydrogen) atoms. The lowest BCUT2D eigenvalue weighted by Crippen LogP contribution is -2.14. The van der Waals surface area contributed by atoms with Crippen molar-refractivity contribution < 1.29 is 23.6 Å². The minimum absolute atomic E-state index is 0.00209. The highest BCUT2D eigenvalue weighted by molar-refractivity contribution is 9.10. The first kappa shape index (κ1) is 26.7. The maximum Gasteiger partial charge on any atom is 0.271 e. The van der Waals surface area contributed by atoms with Gasteiger partial charge in [0.2, 0.25) is 0 Å². The third-order valence-electron chi connectivity index (χ3n) is 4.71. The first-order valence-electron chi connectivity index (χ1n) is 10.4. The largest absolute Gasteiger partial charge is 0.490 e. The standard InChI is InChI=1S/C25H18BrClFN3O5/c1-2-35-23-11-16(10-20(26)24(23)36-14-15-3-5-18(28)6-4-15)9-17(13-29)25(32)30-22-12-19(31(33)34)7-8-21(22)27/h3-12H,2,14H2,1H3,(H,30,32)/b17-9+. The number of amides is 1. The highest BCUT2D eigenvalue weighted by Crippen LogP contribution is 2.38. The van der Waals surface area contributed by atoms with E-state index in [2.05, 4.69) is 21.2 Å². The minimum atomic E-state index is -0.800. The third-order valence-corrected chi connectivity index (χ3v) is 5.63. The average molecular weight is 575 g/mol. The number of halogens is 3. The number of benzene rings is 3. The quantitative estimate of drug-likeness (QED) is 0.132. The molecule has 0 aliphatic carbocycles. The summed E-state index contributed by atoms with van der Waals surface area (Å²) >= 11 is 9.46. The van der Waals surface area contributed by atoms with Crippen LogP contribution >= 0.6 is 27.5 Å². The molecule has 184 valence electrons. The molecular weight excluding hydrogens is 557 g/mol. The zero-order valence-electron chi connectivity index (χ0n) is 18.8. The van der Waals surface area contributed by atoms with E-state index in [4.69, 9.17) is 21.1 Å². The summed E-state index contributed by atoms with van der Waals surface area (Å²) in [5, 5.41) is 23.1. The van der Waals surface area contributed by atoms with Gasteiger partial charge >= 0.3 is 0 Å². The fourth-order valence-electron chi connectivity index (χ4n) is 3.04. The maximum absolute atomic E-state index is 13.1. The van der Waals surface area contributed by atoms with Crippen LogP contribution in [0.5, 0.6) is 11.5 Å². The van der Waals surface area contributed by atoms with Crippen LogP contribution < -0.4 is 14.8 Å². The number of hydrogen-bond donors (Lipinski definition) is 1. The molecule has 3 aromatic carbocycles. The summed E-state index contributed by atoms with van der Waals surface area (Å²) in [5.41, 5.74) is 0.664. The van der Waals surface area contributed by atoms with Gasteiger partial charge in [-0.05, 0) is 70.4 Å². The summed E-state index contributed by atoms with van der Waals surface area (Å²) in [5.74, 6) is -0.397. The second kappa shape index (κ2) is 12.2. The first-order chi connectivity index (χ1) is 17.2. The number of carbonyl (C=O) groups excluding carboxylic acids is 1. The summed E-state index contributed by atoms with van der Waals surface area (Å²) in [6.45, 7) is 2.27. The molecule has 0 bridgehead atoms. The number of rotatable bonds is 9. The molecule has 3 rings (SSSR count). The Bertz CT molecular complexity index is 1370. The number of anilines is 1. The van der Waals surface area contributed by atoms with Gasteiger partial charge in [0.15, 0.2) is 11.5 Å². The van der Waals surface area contributed by atoms with Crippen molar-refractivity contribution in [3.63, 3.8) is 0 Å². The van der Waals surface area contributed by atoms with Crippen molar-refractivity contribution in [3.05, 3.63) is 96.7 Å². The van der Waals surface area contributed by atoms with Gasteiger partial charge in [-0.1, -0.05) is 23.7 Å². The van der Waals surface area contributed by atoms with Gasteiger partial charge in [0.05, 0.1) is 26.7 Å². The van der Waals surface area contributed by atoms with Crippen molar-refractivity contribution in [3.8, 4) is 17.6 Å². The van der Waals surface area contributed by atoms with Gasteiger partial charge in [-0.2, -0.15) is 5.26 Å². The SMILES string of the molecule is CCOc1cc(/C=C(\C#N)C(=O)Nc2cc([N+](=O)[O-])ccc2Cl)cc(Br)c1OCc1ccc(F)cc1. The van der Waals surface area contributed by atoms with E-state index in [-0.39, 0.29) is 34.4 Å². The molecule has 0 radical (unpaired) electrons. The van der Waals surface area contributed by atoms with Gasteiger partial charge in [-0.25, -0.2) is 4.39 Å². The predicted molar refractivity (Wildman–Crippen MR) is 136 cm³/mol. The molecule has 0 spiro atoms. The number of ether oxygens (including phenoxy) is 2. The van der Waals surface area contributed by atoms with E-state index >= 15 is 0 Å². The zero-order valence-corrected chi connectivity index (χ0v) is 21.1. The number of hydrogen-bond acceptors (Lipinski definition) is 6. The van der Waals surface area contributed by atoms with Gasteiger partial charge in [0.1, 0.15) is 24.1 Å². The smallest absolute Gasteiger partial charge is 0.271 e. The van der Waals surface area contributed by atoms with Crippen LogP contribution in [0.1, 0.15) is 18.1 Å². The first-order valence-corrected chi connectivity index (χ1v) is 11.6. The van der Waals surface area contributed by atoms with Crippen LogP contribution in [0.2, 0.25) is 5.02 Å². The molecule has 3 aromatic rings. The lowest BCUT2D eigenvalue weighted by atomic mass is 10.1. The van der Waals surface area contributed by atoms with Crippen molar-refractivity contribution in [2.45, 2.75) is 13.5 Å². The van der Waals surface area contributed by atoms with Crippen LogP contribution in [0.4, 0.5) is 15.8 Å². The van der Waals surface area contributed by atoms with E-state index in [0.29, 0.717) is 28.1 Å². The minimum Gasteiger partial charge on any atom is -0.490 e. The Morgan fingerprint density at radius 1 is 1.22 bits per heavy atom. The number of nitro benzene ring substituents is 1. The monoisotopic (exact) mass is 573 g/mol. The number of nitrogens with one attached hydrogen (secondary N) is 1. The molecule has 1 N–H and O–H groups in total. The van der Waals surface area contributed by atoms with E-state index < -0.39 is 10.8 Å². The fourth-order valence-corrected chi connectivity index (χ4v) is 3.78. The van der Waals surface area contributed by atoms with E-state index in [1.165, 1.54) is 30.3 Å². The summed E-state index contributed by atoms with van der Waals surface area (Å²) in [6.07, 6.45) is 1.33. The van der Waals surface area contributed by atoms with Crippen LogP contribution in [0.15, 0.2) is 64.6 Å². The predicted octanol–water partition coefficient (Wildman–Crippen LogP) is 6.67. The summed E-state index contributed by atoms with van der Waals surface area (Å²) < 4.78 is 25.2. The van der Waals surface area contributed by atoms with Crippen molar-refractivity contribution in [2.75, 3.05) is 11.9 Å². The van der Waals surface area contributed by atoms with Gasteiger partial charge < -0.3 is 14.8 Å². The number of nitro groups is 1. The number of non-ortho nitro benzene ring substituents is 1. The van der Waals surface area contributed by atoms with Crippen molar-refractivity contribution in [2.24, 2.45) is 0 Å². The molecular formula is C25H18BrClFN3O5. The second-order valence-corrected chi connectivity index (χ2v) is 8.48. The van der Waals surface area contributed by atoms with Crippen LogP contribution in [0.25, 0.3) is 6.08 Å². The summed E-state index contributed by atoms with van der Waals surface area (Å²) in [6, 6.07) is 14.5. The molecule has 0 saturated carbocycles. The van der Waals surface area contributed by atoms with Crippen LogP contribution in [-0.4, -0.2) is 17.4 Å². The Kier molecular flexibility index (Phi) is 9.00. The molecule has 1 amide bonds. The van der Waals surface area contributed by atoms with Gasteiger partial charge in [-0.3, -0.25) is 14.9 Å². The van der Waals surface area contributed by atoms with E-state index in [9.17, 15) is 24.6 Å². The number of nitriles is 1. The lowest BCUT2D eigenvalue weighted by Gasteiger charge is -2.15. The molecule has 0 heterocycles. The van der Waals surface area contributed by atoms with Crippen LogP contribution in [-0.2, 0) is 11.4 Å². The highest BCUT2D eigenvalue weighted by Gasteiger charge is 2.17.